The van der Waals surface area contributed by atoms with Gasteiger partial charge in [-0.2, -0.15) is 11.8 Å². The van der Waals surface area contributed by atoms with E-state index in [4.69, 9.17) is 5.73 Å². The first-order valence-electron chi connectivity index (χ1n) is 5.25. The van der Waals surface area contributed by atoms with Crippen molar-refractivity contribution in [1.82, 2.24) is 4.90 Å². The van der Waals surface area contributed by atoms with Crippen molar-refractivity contribution in [2.75, 3.05) is 25.1 Å². The lowest BCUT2D eigenvalue weighted by molar-refractivity contribution is 0.189. The summed E-state index contributed by atoms with van der Waals surface area (Å²) in [6.45, 7) is 3.15. The van der Waals surface area contributed by atoms with E-state index in [2.05, 4.69) is 30.6 Å². The van der Waals surface area contributed by atoms with Crippen molar-refractivity contribution >= 4 is 11.8 Å². The molecule has 2 N–H and O–H groups in total. The first-order valence-corrected chi connectivity index (χ1v) is 6.41. The molecule has 0 radical (unpaired) electrons. The van der Waals surface area contributed by atoms with Gasteiger partial charge in [-0.3, -0.25) is 4.90 Å². The first-order chi connectivity index (χ1) is 6.25. The van der Waals surface area contributed by atoms with Crippen LogP contribution < -0.4 is 5.73 Å². The summed E-state index contributed by atoms with van der Waals surface area (Å²) in [5, 5.41) is 0. The van der Waals surface area contributed by atoms with Crippen molar-refractivity contribution in [1.29, 1.82) is 0 Å². The summed E-state index contributed by atoms with van der Waals surface area (Å²) in [6.07, 6.45) is 3.77. The normalized spacial score (nSPS) is 25.4. The van der Waals surface area contributed by atoms with Crippen molar-refractivity contribution in [2.24, 2.45) is 5.73 Å². The molecule has 0 aromatic rings. The predicted molar refractivity (Wildman–Crippen MR) is 61.2 cm³/mol. The number of nitrogens with zero attached hydrogens (tertiary/aromatic N) is 1. The van der Waals surface area contributed by atoms with Crippen molar-refractivity contribution in [3.05, 3.63) is 0 Å². The van der Waals surface area contributed by atoms with Crippen molar-refractivity contribution in [3.63, 3.8) is 0 Å². The molecule has 78 valence electrons. The van der Waals surface area contributed by atoms with Crippen LogP contribution in [-0.2, 0) is 0 Å². The van der Waals surface area contributed by atoms with Gasteiger partial charge in [-0.05, 0) is 45.5 Å². The summed E-state index contributed by atoms with van der Waals surface area (Å²) >= 11 is 2.09. The van der Waals surface area contributed by atoms with Crippen LogP contribution in [0.5, 0.6) is 0 Å². The summed E-state index contributed by atoms with van der Waals surface area (Å²) in [4.78, 5) is 2.54. The highest BCUT2D eigenvalue weighted by Crippen LogP contribution is 2.23. The second-order valence-corrected chi connectivity index (χ2v) is 5.11. The predicted octanol–water partition coefficient (Wildman–Crippen LogP) is 1.55. The largest absolute Gasteiger partial charge is 0.330 e. The third kappa shape index (κ3) is 3.49. The van der Waals surface area contributed by atoms with Gasteiger partial charge in [0.1, 0.15) is 0 Å². The fourth-order valence-corrected chi connectivity index (χ4v) is 3.10. The van der Waals surface area contributed by atoms with Gasteiger partial charge in [-0.1, -0.05) is 0 Å². The molecule has 0 aromatic heterocycles. The monoisotopic (exact) mass is 202 g/mol. The molecule has 13 heavy (non-hydrogen) atoms. The second kappa shape index (κ2) is 5.89. The molecule has 1 heterocycles. The molecule has 1 rings (SSSR count). The fraction of sp³-hybridized carbons (Fsp3) is 1.00. The quantitative estimate of drug-likeness (QED) is 0.733. The van der Waals surface area contributed by atoms with Gasteiger partial charge in [-0.25, -0.2) is 0 Å². The van der Waals surface area contributed by atoms with Gasteiger partial charge in [0.25, 0.3) is 0 Å². The van der Waals surface area contributed by atoms with Gasteiger partial charge in [0, 0.05) is 17.8 Å². The summed E-state index contributed by atoms with van der Waals surface area (Å²) in [7, 11) is 2.26. The Morgan fingerprint density at radius 1 is 1.62 bits per heavy atom. The Kier molecular flexibility index (Phi) is 5.14. The Balaban J connectivity index is 2.23. The molecular weight excluding hydrogens is 180 g/mol. The molecule has 1 fully saturated rings. The van der Waals surface area contributed by atoms with Crippen LogP contribution in [0.15, 0.2) is 0 Å². The molecule has 0 aliphatic carbocycles. The standard InChI is InChI=1S/C10H22N2S/c1-9(4-3-6-11)12(2)10-5-7-13-8-10/h9-10H,3-8,11H2,1-2H3. The van der Waals surface area contributed by atoms with E-state index in [9.17, 15) is 0 Å². The number of hydrogen-bond donors (Lipinski definition) is 1. The molecule has 0 amide bonds. The summed E-state index contributed by atoms with van der Waals surface area (Å²) in [5.41, 5.74) is 5.51. The molecule has 1 aliphatic rings. The maximum atomic E-state index is 5.51. The Labute approximate surface area is 86.2 Å². The highest BCUT2D eigenvalue weighted by atomic mass is 32.2. The Morgan fingerprint density at radius 3 is 2.92 bits per heavy atom. The minimum Gasteiger partial charge on any atom is -0.330 e. The van der Waals surface area contributed by atoms with E-state index >= 15 is 0 Å². The molecule has 1 saturated heterocycles. The zero-order chi connectivity index (χ0) is 9.68. The molecule has 0 aromatic carbocycles. The van der Waals surface area contributed by atoms with Crippen LogP contribution in [0.2, 0.25) is 0 Å². The first kappa shape index (κ1) is 11.3. The lowest BCUT2D eigenvalue weighted by atomic mass is 10.1. The average molecular weight is 202 g/mol. The van der Waals surface area contributed by atoms with Crippen molar-refractivity contribution in [3.8, 4) is 0 Å². The highest BCUT2D eigenvalue weighted by molar-refractivity contribution is 7.99. The van der Waals surface area contributed by atoms with Gasteiger partial charge in [0.05, 0.1) is 0 Å². The van der Waals surface area contributed by atoms with Crippen LogP contribution >= 0.6 is 11.8 Å². The maximum Gasteiger partial charge on any atom is 0.0194 e. The summed E-state index contributed by atoms with van der Waals surface area (Å²) < 4.78 is 0. The molecule has 2 atom stereocenters. The Morgan fingerprint density at radius 2 is 2.38 bits per heavy atom. The van der Waals surface area contributed by atoms with Gasteiger partial charge >= 0.3 is 0 Å². The van der Waals surface area contributed by atoms with Gasteiger partial charge in [0.2, 0.25) is 0 Å². The number of hydrogen-bond acceptors (Lipinski definition) is 3. The number of nitrogens with two attached hydrogens (primary N) is 1. The van der Waals surface area contributed by atoms with E-state index in [0.29, 0.717) is 6.04 Å². The zero-order valence-corrected chi connectivity index (χ0v) is 9.65. The number of rotatable bonds is 5. The van der Waals surface area contributed by atoms with Gasteiger partial charge in [0.15, 0.2) is 0 Å². The molecule has 1 aliphatic heterocycles. The SMILES string of the molecule is CC(CCCN)N(C)C1CCSC1. The molecular formula is C10H22N2S. The third-order valence-corrected chi connectivity index (χ3v) is 4.15. The van der Waals surface area contributed by atoms with Crippen LogP contribution in [0.4, 0.5) is 0 Å². The van der Waals surface area contributed by atoms with Crippen LogP contribution in [0, 0.1) is 0 Å². The second-order valence-electron chi connectivity index (χ2n) is 3.96. The fourth-order valence-electron chi connectivity index (χ4n) is 1.82. The Hall–Kier alpha value is 0.270. The van der Waals surface area contributed by atoms with E-state index in [-0.39, 0.29) is 0 Å². The minimum atomic E-state index is 0.701. The van der Waals surface area contributed by atoms with E-state index in [1.54, 1.807) is 0 Å². The van der Waals surface area contributed by atoms with Crippen LogP contribution in [0.1, 0.15) is 26.2 Å². The molecule has 0 bridgehead atoms. The maximum absolute atomic E-state index is 5.51. The Bertz CT molecular complexity index is 135. The lowest BCUT2D eigenvalue weighted by Gasteiger charge is -2.30. The lowest BCUT2D eigenvalue weighted by Crippen LogP contribution is -2.38. The topological polar surface area (TPSA) is 29.3 Å². The van der Waals surface area contributed by atoms with Crippen molar-refractivity contribution < 1.29 is 0 Å². The summed E-state index contributed by atoms with van der Waals surface area (Å²) in [5.74, 6) is 2.67. The molecule has 2 unspecified atom stereocenters. The van der Waals surface area contributed by atoms with Crippen molar-refractivity contribution in [2.45, 2.75) is 38.3 Å². The zero-order valence-electron chi connectivity index (χ0n) is 8.83. The van der Waals surface area contributed by atoms with Gasteiger partial charge < -0.3 is 5.73 Å². The smallest absolute Gasteiger partial charge is 0.0194 e. The van der Waals surface area contributed by atoms with Crippen LogP contribution in [-0.4, -0.2) is 42.1 Å². The van der Waals surface area contributed by atoms with Gasteiger partial charge in [-0.15, -0.1) is 0 Å². The van der Waals surface area contributed by atoms with Crippen LogP contribution in [0.25, 0.3) is 0 Å². The average Bonchev–Trinajstić information content (AvgIpc) is 2.65. The minimum absolute atomic E-state index is 0.701. The van der Waals surface area contributed by atoms with E-state index in [0.717, 1.165) is 19.0 Å². The molecule has 0 saturated carbocycles. The van der Waals surface area contributed by atoms with E-state index < -0.39 is 0 Å². The van der Waals surface area contributed by atoms with E-state index in [1.807, 2.05) is 0 Å². The number of thioether (sulfide) groups is 1. The third-order valence-electron chi connectivity index (χ3n) is 3.00. The molecule has 3 heteroatoms. The molecule has 2 nitrogen and oxygen atoms in total. The molecule has 0 spiro atoms. The van der Waals surface area contributed by atoms with E-state index in [1.165, 1.54) is 24.3 Å². The summed E-state index contributed by atoms with van der Waals surface area (Å²) in [6, 6.07) is 1.52. The highest BCUT2D eigenvalue weighted by Gasteiger charge is 2.22. The van der Waals surface area contributed by atoms with Crippen LogP contribution in [0.3, 0.4) is 0 Å².